The summed E-state index contributed by atoms with van der Waals surface area (Å²) in [7, 11) is -9.92. The molecule has 0 spiro atoms. The first-order valence-electron chi connectivity index (χ1n) is 43.4. The van der Waals surface area contributed by atoms with Crippen LogP contribution in [0.5, 0.6) is 0 Å². The molecule has 0 saturated heterocycles. The van der Waals surface area contributed by atoms with Gasteiger partial charge in [0.2, 0.25) is 0 Å². The molecule has 103 heavy (non-hydrogen) atoms. The zero-order chi connectivity index (χ0) is 75.8. The number of hydrogen-bond acceptors (Lipinski definition) is 15. The fraction of sp³-hybridized carbons (Fsp3) is 0.952. The van der Waals surface area contributed by atoms with E-state index in [2.05, 4.69) is 48.5 Å². The quantitative estimate of drug-likeness (QED) is 0.0222. The van der Waals surface area contributed by atoms with Crippen molar-refractivity contribution in [1.82, 2.24) is 0 Å². The zero-order valence-electron chi connectivity index (χ0n) is 67.8. The molecule has 0 aliphatic heterocycles. The highest BCUT2D eigenvalue weighted by atomic mass is 31.2. The summed E-state index contributed by atoms with van der Waals surface area (Å²) in [6, 6.07) is 0. The van der Waals surface area contributed by atoms with Crippen LogP contribution in [0, 0.1) is 17.8 Å². The fourth-order valence-electron chi connectivity index (χ4n) is 13.0. The zero-order valence-corrected chi connectivity index (χ0v) is 69.6. The first-order valence-corrected chi connectivity index (χ1v) is 46.4. The van der Waals surface area contributed by atoms with Crippen molar-refractivity contribution in [3.63, 3.8) is 0 Å². The van der Waals surface area contributed by atoms with Crippen LogP contribution in [0.3, 0.4) is 0 Å². The molecule has 0 aromatic rings. The predicted molar refractivity (Wildman–Crippen MR) is 423 cm³/mol. The van der Waals surface area contributed by atoms with Crippen LogP contribution >= 0.6 is 15.6 Å². The maximum absolute atomic E-state index is 13.1. The summed E-state index contributed by atoms with van der Waals surface area (Å²) in [6.07, 6.45) is 64.1. The van der Waals surface area contributed by atoms with Crippen molar-refractivity contribution in [2.45, 2.75) is 458 Å². The smallest absolute Gasteiger partial charge is 0.462 e. The molecule has 0 aliphatic rings. The van der Waals surface area contributed by atoms with E-state index in [0.717, 1.165) is 114 Å². The number of aliphatic hydroxyl groups is 1. The second-order valence-electron chi connectivity index (χ2n) is 31.2. The molecular weight excluding hydrogens is 1340 g/mol. The number of phosphoric acid groups is 2. The number of ether oxygens (including phenoxy) is 4. The van der Waals surface area contributed by atoms with Gasteiger partial charge in [-0.25, -0.2) is 9.13 Å². The van der Waals surface area contributed by atoms with Crippen molar-refractivity contribution < 1.29 is 80.2 Å². The van der Waals surface area contributed by atoms with Gasteiger partial charge in [-0.05, 0) is 43.4 Å². The lowest BCUT2D eigenvalue weighted by molar-refractivity contribution is -0.161. The number of aliphatic hydroxyl groups excluding tert-OH is 1. The summed E-state index contributed by atoms with van der Waals surface area (Å²) >= 11 is 0. The van der Waals surface area contributed by atoms with E-state index in [0.29, 0.717) is 25.7 Å². The van der Waals surface area contributed by atoms with Crippen molar-refractivity contribution in [3.8, 4) is 0 Å². The largest absolute Gasteiger partial charge is 0.472 e. The molecule has 0 fully saturated rings. The SMILES string of the molecule is CCCCCCCCCCCCCCCCCCCCCCCCC(=O)O[C@H](COC(=O)CCCCCCCCCCCCCCCCCCC(C)C)COP(=O)(O)OC[C@@H](O)COP(=O)(O)OC[C@@H](COC(=O)CCCCCCCCC(C)CC)OC(=O)CCCCCCCCCCC(C)CC. The van der Waals surface area contributed by atoms with E-state index in [9.17, 15) is 43.2 Å². The van der Waals surface area contributed by atoms with Crippen LogP contribution in [0.15, 0.2) is 0 Å². The highest BCUT2D eigenvalue weighted by Gasteiger charge is 2.30. The molecule has 19 heteroatoms. The Balaban J connectivity index is 5.21. The average Bonchev–Trinajstić information content (AvgIpc) is 0.911. The van der Waals surface area contributed by atoms with Crippen molar-refractivity contribution in [2.24, 2.45) is 17.8 Å². The summed E-state index contributed by atoms with van der Waals surface area (Å²) in [5.41, 5.74) is 0. The van der Waals surface area contributed by atoms with Gasteiger partial charge in [-0.1, -0.05) is 389 Å². The lowest BCUT2D eigenvalue weighted by Gasteiger charge is -2.21. The Kier molecular flexibility index (Phi) is 72.8. The van der Waals surface area contributed by atoms with Gasteiger partial charge in [0, 0.05) is 25.7 Å². The van der Waals surface area contributed by atoms with Gasteiger partial charge in [0.05, 0.1) is 26.4 Å². The fourth-order valence-corrected chi connectivity index (χ4v) is 14.5. The van der Waals surface area contributed by atoms with Crippen LogP contribution in [-0.2, 0) is 65.4 Å². The Labute approximate surface area is 632 Å². The van der Waals surface area contributed by atoms with E-state index in [1.54, 1.807) is 0 Å². The molecule has 0 aliphatic carbocycles. The number of unbranched alkanes of at least 4 members (excludes halogenated alkanes) is 48. The molecule has 0 aromatic heterocycles. The lowest BCUT2D eigenvalue weighted by Crippen LogP contribution is -2.30. The Hall–Kier alpha value is -1.94. The minimum Gasteiger partial charge on any atom is -0.462 e. The summed E-state index contributed by atoms with van der Waals surface area (Å²) in [4.78, 5) is 73.1. The standard InChI is InChI=1S/C84H164O17P2/c1-8-11-12-13-14-15-16-17-18-19-20-21-22-23-24-29-32-35-38-44-53-60-67-83(88)100-79(71-94-81(86)65-58-51-43-37-34-31-28-26-25-27-30-33-36-41-48-55-62-75(4)5)73-98-102(90,91)96-69-78(85)70-97-103(92,93)99-74-80(72-95-82(87)66-59-52-47-46-50-57-64-77(7)10-3)101-84(89)68-61-54-45-40-39-42-49-56-63-76(6)9-2/h75-80,85H,8-74H2,1-7H3,(H,90,91)(H,92,93)/t76?,77?,78-,79-,80-/m1/s1. The summed E-state index contributed by atoms with van der Waals surface area (Å²) in [5.74, 6) is 0.201. The maximum Gasteiger partial charge on any atom is 0.472 e. The first-order chi connectivity index (χ1) is 49.8. The number of hydrogen-bond donors (Lipinski definition) is 3. The molecule has 612 valence electrons. The van der Waals surface area contributed by atoms with Gasteiger partial charge in [-0.2, -0.15) is 0 Å². The Morgan fingerprint density at radius 1 is 0.282 bits per heavy atom. The predicted octanol–water partition coefficient (Wildman–Crippen LogP) is 25.3. The molecule has 0 aromatic carbocycles. The van der Waals surface area contributed by atoms with Gasteiger partial charge in [-0.15, -0.1) is 0 Å². The Morgan fingerprint density at radius 3 is 0.738 bits per heavy atom. The molecule has 4 unspecified atom stereocenters. The molecule has 0 rings (SSSR count). The summed E-state index contributed by atoms with van der Waals surface area (Å²) < 4.78 is 68.8. The lowest BCUT2D eigenvalue weighted by atomic mass is 9.99. The van der Waals surface area contributed by atoms with Crippen LogP contribution in [0.2, 0.25) is 0 Å². The molecule has 7 atom stereocenters. The molecule has 0 amide bonds. The molecule has 0 radical (unpaired) electrons. The third-order valence-corrected chi connectivity index (χ3v) is 22.3. The van der Waals surface area contributed by atoms with Crippen LogP contribution in [0.1, 0.15) is 440 Å². The van der Waals surface area contributed by atoms with E-state index >= 15 is 0 Å². The molecule has 0 heterocycles. The molecule has 17 nitrogen and oxygen atoms in total. The van der Waals surface area contributed by atoms with Crippen molar-refractivity contribution >= 4 is 39.5 Å². The van der Waals surface area contributed by atoms with E-state index in [1.807, 2.05) is 0 Å². The third-order valence-electron chi connectivity index (χ3n) is 20.4. The number of phosphoric ester groups is 2. The van der Waals surface area contributed by atoms with E-state index in [1.165, 1.54) is 244 Å². The maximum atomic E-state index is 13.1. The number of carbonyl (C=O) groups excluding carboxylic acids is 4. The normalized spacial score (nSPS) is 14.4. The van der Waals surface area contributed by atoms with Gasteiger partial charge in [-0.3, -0.25) is 37.3 Å². The Bertz CT molecular complexity index is 2000. The second kappa shape index (κ2) is 74.2. The average molecular weight is 1510 g/mol. The second-order valence-corrected chi connectivity index (χ2v) is 34.1. The van der Waals surface area contributed by atoms with Crippen LogP contribution in [-0.4, -0.2) is 96.7 Å². The van der Waals surface area contributed by atoms with Crippen LogP contribution < -0.4 is 0 Å². The number of rotatable bonds is 82. The highest BCUT2D eigenvalue weighted by molar-refractivity contribution is 7.47. The molecular formula is C84H164O17P2. The van der Waals surface area contributed by atoms with Crippen LogP contribution in [0.25, 0.3) is 0 Å². The third kappa shape index (κ3) is 75.3. The molecule has 0 saturated carbocycles. The van der Waals surface area contributed by atoms with Crippen molar-refractivity contribution in [1.29, 1.82) is 0 Å². The van der Waals surface area contributed by atoms with Crippen molar-refractivity contribution in [2.75, 3.05) is 39.6 Å². The highest BCUT2D eigenvalue weighted by Crippen LogP contribution is 2.45. The van der Waals surface area contributed by atoms with Gasteiger partial charge in [0.1, 0.15) is 19.3 Å². The number of carbonyl (C=O) groups is 4. The van der Waals surface area contributed by atoms with Gasteiger partial charge >= 0.3 is 39.5 Å². The van der Waals surface area contributed by atoms with Gasteiger partial charge < -0.3 is 33.8 Å². The Morgan fingerprint density at radius 2 is 0.495 bits per heavy atom. The summed E-state index contributed by atoms with van der Waals surface area (Å²) in [6.45, 7) is 11.9. The molecule has 3 N–H and O–H groups in total. The minimum atomic E-state index is -4.97. The number of esters is 4. The minimum absolute atomic E-state index is 0.104. The van der Waals surface area contributed by atoms with E-state index in [4.69, 9.17) is 37.0 Å². The first kappa shape index (κ1) is 101. The summed E-state index contributed by atoms with van der Waals surface area (Å²) in [5, 5.41) is 10.7. The topological polar surface area (TPSA) is 237 Å². The van der Waals surface area contributed by atoms with E-state index < -0.39 is 97.5 Å². The van der Waals surface area contributed by atoms with E-state index in [-0.39, 0.29) is 25.7 Å². The van der Waals surface area contributed by atoms with Crippen molar-refractivity contribution in [3.05, 3.63) is 0 Å². The van der Waals surface area contributed by atoms with Gasteiger partial charge in [0.25, 0.3) is 0 Å². The molecule has 0 bridgehead atoms. The van der Waals surface area contributed by atoms with Crippen LogP contribution in [0.4, 0.5) is 0 Å². The monoisotopic (exact) mass is 1510 g/mol. The van der Waals surface area contributed by atoms with Gasteiger partial charge in [0.15, 0.2) is 12.2 Å².